The van der Waals surface area contributed by atoms with Crippen LogP contribution in [-0.2, 0) is 64.1 Å². The van der Waals surface area contributed by atoms with Crippen LogP contribution in [0.15, 0.2) is 209 Å². The second kappa shape index (κ2) is 41.7. The van der Waals surface area contributed by atoms with Gasteiger partial charge in [-0.25, -0.2) is 43.6 Å². The topological polar surface area (TPSA) is 328 Å². The molecule has 0 spiro atoms. The summed E-state index contributed by atoms with van der Waals surface area (Å²) in [7, 11) is -8.58. The first-order chi connectivity index (χ1) is 57.6. The Morgan fingerprint density at radius 1 is 0.438 bits per heavy atom. The predicted molar refractivity (Wildman–Crippen MR) is 462 cm³/mol. The first-order valence-electron chi connectivity index (χ1n) is 40.4. The van der Waals surface area contributed by atoms with Crippen LogP contribution in [0.4, 0.5) is 31.5 Å². The molecular weight excluding hydrogens is 1600 g/mol. The molecule has 4 N–H and O–H groups in total. The van der Waals surface area contributed by atoms with Crippen molar-refractivity contribution < 1.29 is 73.3 Å². The number of aromatic hydroxyl groups is 1. The Morgan fingerprint density at radius 2 is 0.785 bits per heavy atom. The van der Waals surface area contributed by atoms with Gasteiger partial charge >= 0.3 is 11.9 Å². The maximum atomic E-state index is 14.9. The van der Waals surface area contributed by atoms with Crippen molar-refractivity contribution in [1.82, 2.24) is 12.9 Å². The van der Waals surface area contributed by atoms with Gasteiger partial charge in [-0.3, -0.25) is 14.4 Å². The summed E-state index contributed by atoms with van der Waals surface area (Å²) in [4.78, 5) is 67.2. The van der Waals surface area contributed by atoms with Crippen molar-refractivity contribution in [2.24, 2.45) is 0 Å². The van der Waals surface area contributed by atoms with Crippen molar-refractivity contribution in [2.75, 3.05) is 60.8 Å². The number of aromatic carboxylic acids is 2. The van der Waals surface area contributed by atoms with E-state index in [-0.39, 0.29) is 81.6 Å². The molecule has 9 aromatic carbocycles. The molecule has 0 unspecified atom stereocenters. The summed E-state index contributed by atoms with van der Waals surface area (Å²) in [5.41, 5.74) is 8.13. The number of nitrogens with zero attached hydrogens (tertiary/aromatic N) is 8. The van der Waals surface area contributed by atoms with Gasteiger partial charge in [-0.1, -0.05) is 154 Å². The molecular formula is C93H103F2N9O14S3. The molecule has 0 aromatic heterocycles. The minimum atomic E-state index is -4.37. The van der Waals surface area contributed by atoms with Crippen LogP contribution in [0.1, 0.15) is 204 Å². The van der Waals surface area contributed by atoms with E-state index in [1.54, 1.807) is 62.4 Å². The van der Waals surface area contributed by atoms with E-state index >= 15 is 0 Å². The fourth-order valence-electron chi connectivity index (χ4n) is 15.3. The van der Waals surface area contributed by atoms with Crippen molar-refractivity contribution in [3.05, 3.63) is 273 Å². The van der Waals surface area contributed by atoms with Gasteiger partial charge in [0, 0.05) is 50.3 Å². The van der Waals surface area contributed by atoms with Gasteiger partial charge in [0.25, 0.3) is 0 Å². The summed E-state index contributed by atoms with van der Waals surface area (Å²) < 4.78 is 111. The molecule has 121 heavy (non-hydrogen) atoms. The number of nitrogens with one attached hydrogen (secondary N) is 1. The van der Waals surface area contributed by atoms with E-state index in [2.05, 4.69) is 41.7 Å². The molecule has 0 atom stereocenters. The summed E-state index contributed by atoms with van der Waals surface area (Å²) in [5, 5.41) is 50.2. The zero-order chi connectivity index (χ0) is 87.5. The summed E-state index contributed by atoms with van der Waals surface area (Å²) in [6, 6.07) is 56.3. The number of carbonyl (C=O) groups excluding carboxylic acids is 3. The van der Waals surface area contributed by atoms with E-state index in [0.29, 0.717) is 34.8 Å². The lowest BCUT2D eigenvalue weighted by atomic mass is 9.84. The zero-order valence-corrected chi connectivity index (χ0v) is 71.5. The van der Waals surface area contributed by atoms with E-state index in [1.807, 2.05) is 49.4 Å². The SMILES string of the molecule is CC(C)Nc1c(F)cc(S(=O)(=O)N(C)CC(=O)N(Cc2ccc(C3CCCCC3)cc2)c2ccc(C(=O)O)cc2)cc1C#N.Cc1cc(S(=O)(=O)N(C)CC(=O)N(Cc2ccc(C3CCCCC3)cc2)c2ccc(C(=O)O)cc2)cc(C#N)c1F.Cc1ccc(S(=O)(=O)N(C)CC(=O)N(Cc2ccc(C3CCCCC3)cc2)c2cccc(O)c2)cc1. The highest BCUT2D eigenvalue weighted by atomic mass is 32.2. The Hall–Kier alpha value is -11.5. The number of rotatable bonds is 28. The van der Waals surface area contributed by atoms with Crippen LogP contribution in [0, 0.1) is 48.1 Å². The molecule has 0 saturated heterocycles. The number of sulfonamides is 3. The number of carboxylic acids is 2. The number of carbonyl (C=O) groups is 5. The van der Waals surface area contributed by atoms with Crippen LogP contribution in [0.5, 0.6) is 5.75 Å². The molecule has 3 amide bonds. The van der Waals surface area contributed by atoms with Gasteiger partial charge in [-0.05, 0) is 220 Å². The van der Waals surface area contributed by atoms with Crippen LogP contribution >= 0.6 is 0 Å². The third-order valence-corrected chi connectivity index (χ3v) is 27.7. The van der Waals surface area contributed by atoms with Crippen LogP contribution in [0.3, 0.4) is 0 Å². The lowest BCUT2D eigenvalue weighted by Crippen LogP contribution is -2.41. The van der Waals surface area contributed by atoms with Crippen molar-refractivity contribution in [3.8, 4) is 17.9 Å². The molecule has 12 rings (SSSR count). The van der Waals surface area contributed by atoms with Gasteiger partial charge in [0.1, 0.15) is 29.5 Å². The molecule has 28 heteroatoms. The highest BCUT2D eigenvalue weighted by Crippen LogP contribution is 2.38. The molecule has 9 aromatic rings. The Kier molecular flexibility index (Phi) is 31.6. The van der Waals surface area contributed by atoms with Gasteiger partial charge in [0.15, 0.2) is 0 Å². The van der Waals surface area contributed by atoms with Crippen molar-refractivity contribution in [3.63, 3.8) is 0 Å². The van der Waals surface area contributed by atoms with Gasteiger partial charge in [-0.2, -0.15) is 23.4 Å². The van der Waals surface area contributed by atoms with Crippen LogP contribution in [0.2, 0.25) is 0 Å². The first-order valence-corrected chi connectivity index (χ1v) is 44.8. The average molecular weight is 1710 g/mol. The summed E-state index contributed by atoms with van der Waals surface area (Å²) in [6.45, 7) is 5.84. The number of phenolic OH excluding ortho intramolecular Hbond substituents is 1. The van der Waals surface area contributed by atoms with E-state index in [0.717, 1.165) is 85.1 Å². The Labute approximate surface area is 708 Å². The Morgan fingerprint density at radius 3 is 1.13 bits per heavy atom. The third-order valence-electron chi connectivity index (χ3n) is 22.3. The maximum Gasteiger partial charge on any atom is 0.335 e. The number of hydrogen-bond acceptors (Lipinski definition) is 15. The molecule has 0 heterocycles. The molecule has 0 aliphatic heterocycles. The molecule has 23 nitrogen and oxygen atoms in total. The van der Waals surface area contributed by atoms with Gasteiger partial charge in [-0.15, -0.1) is 0 Å². The number of aryl methyl sites for hydroxylation is 2. The number of halogens is 2. The molecule has 0 bridgehead atoms. The number of benzene rings is 9. The minimum Gasteiger partial charge on any atom is -0.508 e. The standard InChI is InChI=1S/C33H37FN4O5S.C31H32FN3O5S.C29H34N2O4S/c1-22(2)36-32-27(19-35)17-29(18-30(32)34)44(42,43)37(3)21-31(39)38(28-15-13-26(14-16-28)33(40)41)20-23-9-11-25(12-10-23)24-7-5-4-6-8-24;1-21-16-28(17-26(18-33)30(21)32)41(39,40)34(2)20-29(36)35(27-14-12-25(13-15-27)31(37)38)19-22-8-10-24(11-9-22)23-6-4-3-5-7-23;1-22-11-17-28(18-12-22)36(34,35)30(2)21-29(33)31(26-9-6-10-27(32)19-26)20-23-13-15-25(16-14-23)24-7-4-3-5-8-24/h9-18,22,24,36H,4-8,20-21H2,1-3H3,(H,40,41);8-17,23H,3-7,19-20H2,1-2H3,(H,37,38);6,9-19,24,32H,3-5,7-8,20-21H2,1-2H3. The van der Waals surface area contributed by atoms with Crippen LogP contribution in [-0.4, -0.2) is 130 Å². The molecule has 3 aliphatic carbocycles. The molecule has 0 radical (unpaired) electrons. The quantitative estimate of drug-likeness (QED) is 0.0354. The normalized spacial score (nSPS) is 14.2. The number of phenols is 1. The number of nitriles is 2. The molecule has 636 valence electrons. The third kappa shape index (κ3) is 24.0. The van der Waals surface area contributed by atoms with Crippen LogP contribution < -0.4 is 20.0 Å². The smallest absolute Gasteiger partial charge is 0.335 e. The van der Waals surface area contributed by atoms with Gasteiger partial charge in [0.05, 0.1) is 81.9 Å². The van der Waals surface area contributed by atoms with Crippen molar-refractivity contribution >= 4 is 82.5 Å². The summed E-state index contributed by atoms with van der Waals surface area (Å²) in [5.74, 6) is -3.74. The van der Waals surface area contributed by atoms with E-state index in [4.69, 9.17) is 0 Å². The fraction of sp³-hybridized carbons (Fsp3) is 0.344. The van der Waals surface area contributed by atoms with Crippen LogP contribution in [0.25, 0.3) is 0 Å². The number of carboxylic acid groups (broad SMARTS) is 2. The van der Waals surface area contributed by atoms with E-state index < -0.39 is 89.0 Å². The lowest BCUT2D eigenvalue weighted by Gasteiger charge is -2.26. The predicted octanol–water partition coefficient (Wildman–Crippen LogP) is 17.3. The lowest BCUT2D eigenvalue weighted by molar-refractivity contribution is -0.119. The van der Waals surface area contributed by atoms with Crippen molar-refractivity contribution in [2.45, 2.75) is 182 Å². The highest BCUT2D eigenvalue weighted by molar-refractivity contribution is 7.89. The first kappa shape index (κ1) is 91.8. The zero-order valence-electron chi connectivity index (χ0n) is 69.0. The molecule has 3 saturated carbocycles. The number of hydrogen-bond donors (Lipinski definition) is 4. The fourth-order valence-corrected chi connectivity index (χ4v) is 18.8. The Bertz CT molecular complexity index is 5600. The number of anilines is 4. The van der Waals surface area contributed by atoms with Crippen molar-refractivity contribution in [1.29, 1.82) is 10.5 Å². The number of amides is 3. The minimum absolute atomic E-state index is 0.000767. The second-order valence-electron chi connectivity index (χ2n) is 31.4. The summed E-state index contributed by atoms with van der Waals surface area (Å²) in [6.07, 6.45) is 18.3. The highest BCUT2D eigenvalue weighted by Gasteiger charge is 2.33. The monoisotopic (exact) mass is 1700 g/mol. The largest absolute Gasteiger partial charge is 0.508 e. The summed E-state index contributed by atoms with van der Waals surface area (Å²) >= 11 is 0. The number of likely N-dealkylation sites (N-methyl/N-ethyl adjacent to an activating group) is 3. The maximum absolute atomic E-state index is 14.9. The second-order valence-corrected chi connectivity index (χ2v) is 37.6. The molecule has 3 fully saturated rings. The van der Waals surface area contributed by atoms with Gasteiger partial charge < -0.3 is 35.3 Å². The average Bonchev–Trinajstić information content (AvgIpc) is 0.796. The van der Waals surface area contributed by atoms with E-state index in [9.17, 15) is 83.9 Å². The van der Waals surface area contributed by atoms with E-state index in [1.165, 1.54) is 185 Å². The Balaban J connectivity index is 0.000000191. The molecule has 3 aliphatic rings. The van der Waals surface area contributed by atoms with Gasteiger partial charge in [0.2, 0.25) is 47.8 Å².